The lowest BCUT2D eigenvalue weighted by molar-refractivity contribution is -0.0327. The maximum absolute atomic E-state index is 15.9. The number of carbonyl (C=O) groups is 1. The van der Waals surface area contributed by atoms with Crippen LogP contribution in [0.1, 0.15) is 72.0 Å². The molecule has 1 aliphatic heterocycles. The van der Waals surface area contributed by atoms with Crippen LogP contribution in [0.5, 0.6) is 0 Å². The molecule has 1 amide bonds. The van der Waals surface area contributed by atoms with E-state index in [1.165, 1.54) is 25.2 Å². The lowest BCUT2D eigenvalue weighted by atomic mass is 9.92. The number of hydrogen-bond acceptors (Lipinski definition) is 5. The Morgan fingerprint density at radius 3 is 2.55 bits per heavy atom. The Kier molecular flexibility index (Phi) is 8.36. The maximum Gasteiger partial charge on any atom is 0.261 e. The van der Waals surface area contributed by atoms with E-state index in [1.54, 1.807) is 24.7 Å². The highest BCUT2D eigenvalue weighted by molar-refractivity contribution is 6.74. The number of nitrogens with one attached hydrogen (secondary N) is 1. The van der Waals surface area contributed by atoms with Crippen LogP contribution in [-0.4, -0.2) is 50.1 Å². The van der Waals surface area contributed by atoms with Crippen molar-refractivity contribution < 1.29 is 22.7 Å². The Bertz CT molecular complexity index is 1500. The number of amides is 1. The Hall–Kier alpha value is -2.95. The van der Waals surface area contributed by atoms with E-state index < -0.39 is 26.2 Å². The average molecular weight is 572 g/mol. The highest BCUT2D eigenvalue weighted by Gasteiger charge is 2.42. The first kappa shape index (κ1) is 30.0. The Labute approximate surface area is 235 Å². The Morgan fingerprint density at radius 1 is 1.23 bits per heavy atom. The van der Waals surface area contributed by atoms with Gasteiger partial charge < -0.3 is 14.5 Å². The van der Waals surface area contributed by atoms with Crippen LogP contribution in [0, 0.1) is 19.7 Å². The number of benzene rings is 2. The fraction of sp³-hybridized carbons (Fsp3) is 0.500. The van der Waals surface area contributed by atoms with Crippen molar-refractivity contribution in [2.75, 3.05) is 20.3 Å². The van der Waals surface area contributed by atoms with Gasteiger partial charge in [0.05, 0.1) is 41.5 Å². The summed E-state index contributed by atoms with van der Waals surface area (Å²) in [7, 11) is -0.755. The van der Waals surface area contributed by atoms with Gasteiger partial charge in [-0.2, -0.15) is 0 Å². The standard InChI is InChI=1S/C30H39F2N3O4Si/c1-17-18(2)27-22(14-21(17)26(32)19-9-10-20(23(31)13-19)28(36)33-6)29(37)35(16-34-27)24-11-12-38-15-25(24)39-40(7,8)30(3,4)5/h9-10,13-14,16,24-26H,11-12,15H2,1-8H3,(H,33,36)/t24-,25-,26?/m0/s1. The van der Waals surface area contributed by atoms with Gasteiger partial charge in [0.1, 0.15) is 5.82 Å². The number of hydrogen-bond donors (Lipinski definition) is 1. The van der Waals surface area contributed by atoms with Crippen molar-refractivity contribution in [2.24, 2.45) is 0 Å². The van der Waals surface area contributed by atoms with E-state index in [4.69, 9.17) is 9.16 Å². The molecule has 0 aliphatic carbocycles. The summed E-state index contributed by atoms with van der Waals surface area (Å²) < 4.78 is 44.6. The van der Waals surface area contributed by atoms with Crippen LogP contribution in [-0.2, 0) is 9.16 Å². The van der Waals surface area contributed by atoms with Crippen LogP contribution in [0.25, 0.3) is 10.9 Å². The van der Waals surface area contributed by atoms with Gasteiger partial charge in [-0.1, -0.05) is 26.8 Å². The molecule has 1 saturated heterocycles. The van der Waals surface area contributed by atoms with Crippen molar-refractivity contribution in [1.29, 1.82) is 0 Å². The number of aryl methyl sites for hydroxylation is 1. The molecule has 1 fully saturated rings. The molecule has 0 radical (unpaired) electrons. The van der Waals surface area contributed by atoms with E-state index in [0.717, 1.165) is 6.07 Å². The zero-order chi connectivity index (χ0) is 29.6. The lowest BCUT2D eigenvalue weighted by Gasteiger charge is -2.43. The first-order valence-electron chi connectivity index (χ1n) is 13.6. The normalized spacial score (nSPS) is 19.1. The molecule has 40 heavy (non-hydrogen) atoms. The monoisotopic (exact) mass is 571 g/mol. The van der Waals surface area contributed by atoms with Crippen molar-refractivity contribution in [2.45, 2.75) is 77.5 Å². The minimum absolute atomic E-state index is 0.0146. The third-order valence-corrected chi connectivity index (χ3v) is 13.1. The largest absolute Gasteiger partial charge is 0.409 e. The SMILES string of the molecule is CNC(=O)c1ccc(C(F)c2cc3c(=O)n([C@H]4CCOC[C@@H]4O[Si](C)(C)C(C)(C)C)cnc3c(C)c2C)cc1F. The topological polar surface area (TPSA) is 82.5 Å². The third kappa shape index (κ3) is 5.49. The number of alkyl halides is 1. The van der Waals surface area contributed by atoms with E-state index in [0.29, 0.717) is 41.7 Å². The molecule has 3 aromatic rings. The van der Waals surface area contributed by atoms with Gasteiger partial charge in [-0.3, -0.25) is 14.2 Å². The van der Waals surface area contributed by atoms with E-state index in [-0.39, 0.29) is 39.4 Å². The summed E-state index contributed by atoms with van der Waals surface area (Å²) in [5.41, 5.74) is 1.69. The van der Waals surface area contributed by atoms with Gasteiger partial charge in [-0.05, 0) is 78.9 Å². The van der Waals surface area contributed by atoms with Crippen LogP contribution < -0.4 is 10.9 Å². The van der Waals surface area contributed by atoms with Crippen LogP contribution >= 0.6 is 0 Å². The van der Waals surface area contributed by atoms with Gasteiger partial charge in [0.2, 0.25) is 0 Å². The minimum Gasteiger partial charge on any atom is -0.409 e. The summed E-state index contributed by atoms with van der Waals surface area (Å²) >= 11 is 0. The highest BCUT2D eigenvalue weighted by atomic mass is 28.4. The molecule has 1 aliphatic rings. The first-order valence-corrected chi connectivity index (χ1v) is 16.5. The van der Waals surface area contributed by atoms with Crippen molar-refractivity contribution in [3.63, 3.8) is 0 Å². The van der Waals surface area contributed by atoms with E-state index in [9.17, 15) is 14.0 Å². The highest BCUT2D eigenvalue weighted by Crippen LogP contribution is 2.40. The van der Waals surface area contributed by atoms with Crippen LogP contribution in [0.2, 0.25) is 18.1 Å². The number of aromatic nitrogens is 2. The average Bonchev–Trinajstić information content (AvgIpc) is 2.90. The Balaban J connectivity index is 1.78. The number of fused-ring (bicyclic) bond motifs is 1. The molecule has 3 atom stereocenters. The fourth-order valence-electron chi connectivity index (χ4n) is 4.94. The fourth-order valence-corrected chi connectivity index (χ4v) is 6.28. The number of carbonyl (C=O) groups excluding carboxylic acids is 1. The second kappa shape index (κ2) is 11.1. The summed E-state index contributed by atoms with van der Waals surface area (Å²) in [4.78, 5) is 30.4. The molecule has 0 saturated carbocycles. The number of halogens is 2. The van der Waals surface area contributed by atoms with E-state index >= 15 is 4.39 Å². The minimum atomic E-state index is -2.16. The summed E-state index contributed by atoms with van der Waals surface area (Å²) in [5.74, 6) is -1.40. The smallest absolute Gasteiger partial charge is 0.261 e. The van der Waals surface area contributed by atoms with Gasteiger partial charge >= 0.3 is 0 Å². The zero-order valence-electron chi connectivity index (χ0n) is 24.5. The van der Waals surface area contributed by atoms with E-state index in [1.807, 2.05) is 0 Å². The predicted octanol–water partition coefficient (Wildman–Crippen LogP) is 5.92. The van der Waals surface area contributed by atoms with Gasteiger partial charge in [0.15, 0.2) is 14.5 Å². The molecule has 4 rings (SSSR count). The molecule has 10 heteroatoms. The van der Waals surface area contributed by atoms with Gasteiger partial charge in [0, 0.05) is 13.7 Å². The molecule has 1 aromatic heterocycles. The molecule has 2 aromatic carbocycles. The van der Waals surface area contributed by atoms with Gasteiger partial charge in [-0.15, -0.1) is 0 Å². The summed E-state index contributed by atoms with van der Waals surface area (Å²) in [5, 5.41) is 2.65. The van der Waals surface area contributed by atoms with Crippen LogP contribution in [0.3, 0.4) is 0 Å². The molecular weight excluding hydrogens is 532 g/mol. The number of ether oxygens (including phenoxy) is 1. The van der Waals surface area contributed by atoms with Crippen molar-refractivity contribution in [3.8, 4) is 0 Å². The second-order valence-corrected chi connectivity index (χ2v) is 16.9. The quantitative estimate of drug-likeness (QED) is 0.371. The van der Waals surface area contributed by atoms with Crippen molar-refractivity contribution >= 4 is 25.1 Å². The Morgan fingerprint density at radius 2 is 1.93 bits per heavy atom. The lowest BCUT2D eigenvalue weighted by Crippen LogP contribution is -2.50. The molecule has 0 bridgehead atoms. The predicted molar refractivity (Wildman–Crippen MR) is 155 cm³/mol. The molecule has 1 unspecified atom stereocenters. The third-order valence-electron chi connectivity index (χ3n) is 8.59. The van der Waals surface area contributed by atoms with Crippen molar-refractivity contribution in [3.05, 3.63) is 74.6 Å². The summed E-state index contributed by atoms with van der Waals surface area (Å²) in [6.07, 6.45) is 0.136. The molecule has 2 heterocycles. The van der Waals surface area contributed by atoms with Crippen LogP contribution in [0.4, 0.5) is 8.78 Å². The molecule has 0 spiro atoms. The second-order valence-electron chi connectivity index (χ2n) is 12.1. The zero-order valence-corrected chi connectivity index (χ0v) is 25.5. The molecule has 216 valence electrons. The number of nitrogens with zero attached hydrogens (tertiary/aromatic N) is 2. The van der Waals surface area contributed by atoms with Crippen LogP contribution in [0.15, 0.2) is 35.4 Å². The van der Waals surface area contributed by atoms with E-state index in [2.05, 4.69) is 44.2 Å². The molecule has 7 nitrogen and oxygen atoms in total. The number of rotatable bonds is 6. The van der Waals surface area contributed by atoms with Crippen molar-refractivity contribution in [1.82, 2.24) is 14.9 Å². The van der Waals surface area contributed by atoms with Gasteiger partial charge in [0.25, 0.3) is 11.5 Å². The first-order chi connectivity index (χ1) is 18.7. The molecular formula is C30H39F2N3O4Si. The molecule has 1 N–H and O–H groups in total. The summed E-state index contributed by atoms with van der Waals surface area (Å²) in [6.45, 7) is 15.3. The maximum atomic E-state index is 15.9. The van der Waals surface area contributed by atoms with Gasteiger partial charge in [-0.25, -0.2) is 13.8 Å². The summed E-state index contributed by atoms with van der Waals surface area (Å²) in [6, 6.07) is 4.94.